The Morgan fingerprint density at radius 1 is 0.370 bits per heavy atom. The number of hydrogen-bond donors (Lipinski definition) is 0. The van der Waals surface area contributed by atoms with E-state index < -0.39 is 0 Å². The minimum Gasteiger partial charge on any atom is -0.456 e. The van der Waals surface area contributed by atoms with Crippen LogP contribution in [0, 0.1) is 0 Å². The van der Waals surface area contributed by atoms with Crippen LogP contribution in [0.3, 0.4) is 0 Å². The van der Waals surface area contributed by atoms with Crippen LogP contribution < -0.4 is 4.90 Å². The molecule has 0 aliphatic heterocycles. The number of anilines is 3. The summed E-state index contributed by atoms with van der Waals surface area (Å²) in [6.45, 7) is 0. The first-order chi connectivity index (χ1) is 26.8. The Labute approximate surface area is 309 Å². The van der Waals surface area contributed by atoms with Gasteiger partial charge in [0.15, 0.2) is 5.58 Å². The maximum absolute atomic E-state index is 6.62. The Kier molecular flexibility index (Phi) is 6.79. The van der Waals surface area contributed by atoms with Crippen LogP contribution in [0.2, 0.25) is 0 Å². The van der Waals surface area contributed by atoms with Crippen molar-refractivity contribution in [3.05, 3.63) is 182 Å². The van der Waals surface area contributed by atoms with E-state index in [1.165, 1.54) is 0 Å². The van der Waals surface area contributed by atoms with Crippen molar-refractivity contribution in [2.24, 2.45) is 0 Å². The molecule has 0 fully saturated rings. The van der Waals surface area contributed by atoms with E-state index in [0.717, 1.165) is 99.9 Å². The second kappa shape index (κ2) is 12.1. The number of furan rings is 2. The Bertz CT molecular complexity index is 3160. The fourth-order valence-corrected chi connectivity index (χ4v) is 7.85. The van der Waals surface area contributed by atoms with Gasteiger partial charge in [-0.1, -0.05) is 109 Å². The quantitative estimate of drug-likeness (QED) is 0.173. The molecule has 0 amide bonds. The molecule has 3 aromatic heterocycles. The van der Waals surface area contributed by atoms with Crippen LogP contribution in [-0.2, 0) is 0 Å². The normalized spacial score (nSPS) is 11.7. The van der Waals surface area contributed by atoms with Crippen molar-refractivity contribution in [1.82, 2.24) is 4.98 Å². The van der Waals surface area contributed by atoms with Gasteiger partial charge in [0, 0.05) is 33.8 Å². The van der Waals surface area contributed by atoms with Gasteiger partial charge >= 0.3 is 0 Å². The molecular weight excluding hydrogens is 665 g/mol. The second-order valence-corrected chi connectivity index (χ2v) is 13.5. The zero-order valence-corrected chi connectivity index (χ0v) is 28.9. The standard InChI is InChI=1S/C49H30N2O3/c1-4-13-31(14-5-1)36-25-23-34(29-39(36)32-15-6-2-7-16-32)51(40-20-12-22-42-46(40)37-19-10-11-21-41(37)52-42)35-24-26-38-45(30-35)53-43-27-28-44-48(47(38)43)50-49(54-44)33-17-8-3-9-18-33/h1-30H. The molecule has 0 bridgehead atoms. The van der Waals surface area contributed by atoms with Crippen molar-refractivity contribution < 1.29 is 13.3 Å². The first-order valence-electron chi connectivity index (χ1n) is 18.0. The van der Waals surface area contributed by atoms with Crippen molar-refractivity contribution in [1.29, 1.82) is 0 Å². The Hall–Kier alpha value is -7.37. The number of oxazole rings is 1. The minimum atomic E-state index is 0.587. The highest BCUT2D eigenvalue weighted by Gasteiger charge is 2.23. The van der Waals surface area contributed by atoms with Gasteiger partial charge in [-0.25, -0.2) is 4.98 Å². The molecule has 0 unspecified atom stereocenters. The van der Waals surface area contributed by atoms with Gasteiger partial charge in [-0.05, 0) is 89.0 Å². The first-order valence-corrected chi connectivity index (χ1v) is 18.0. The van der Waals surface area contributed by atoms with Gasteiger partial charge in [-0.3, -0.25) is 0 Å². The average Bonchev–Trinajstić information content (AvgIpc) is 3.95. The molecule has 0 saturated carbocycles. The lowest BCUT2D eigenvalue weighted by Crippen LogP contribution is -2.10. The molecule has 0 saturated heterocycles. The van der Waals surface area contributed by atoms with Crippen molar-refractivity contribution in [2.75, 3.05) is 4.90 Å². The maximum atomic E-state index is 6.62. The molecule has 0 spiro atoms. The lowest BCUT2D eigenvalue weighted by molar-refractivity contribution is 0.619. The monoisotopic (exact) mass is 694 g/mol. The molecule has 0 atom stereocenters. The summed E-state index contributed by atoms with van der Waals surface area (Å²) in [5.41, 5.74) is 13.2. The van der Waals surface area contributed by atoms with Crippen LogP contribution >= 0.6 is 0 Å². The van der Waals surface area contributed by atoms with E-state index >= 15 is 0 Å². The molecule has 5 heteroatoms. The van der Waals surface area contributed by atoms with Gasteiger partial charge < -0.3 is 18.2 Å². The topological polar surface area (TPSA) is 55.6 Å². The van der Waals surface area contributed by atoms with Crippen molar-refractivity contribution in [3.8, 4) is 33.7 Å². The number of nitrogens with zero attached hydrogens (tertiary/aromatic N) is 2. The van der Waals surface area contributed by atoms with Crippen molar-refractivity contribution in [2.45, 2.75) is 0 Å². The number of rotatable bonds is 6. The highest BCUT2D eigenvalue weighted by atomic mass is 16.4. The van der Waals surface area contributed by atoms with E-state index in [0.29, 0.717) is 5.89 Å². The van der Waals surface area contributed by atoms with Gasteiger partial charge in [0.1, 0.15) is 27.8 Å². The van der Waals surface area contributed by atoms with Crippen LogP contribution in [0.15, 0.2) is 195 Å². The largest absolute Gasteiger partial charge is 0.456 e. The van der Waals surface area contributed by atoms with Crippen LogP contribution in [0.5, 0.6) is 0 Å². The highest BCUT2D eigenvalue weighted by molar-refractivity contribution is 6.18. The summed E-state index contributed by atoms with van der Waals surface area (Å²) in [5, 5.41) is 4.02. The molecule has 8 aromatic carbocycles. The van der Waals surface area contributed by atoms with Crippen molar-refractivity contribution in [3.63, 3.8) is 0 Å². The summed E-state index contributed by atoms with van der Waals surface area (Å²) in [5.74, 6) is 0.587. The zero-order valence-electron chi connectivity index (χ0n) is 28.9. The Balaban J connectivity index is 1.15. The lowest BCUT2D eigenvalue weighted by atomic mass is 9.93. The maximum Gasteiger partial charge on any atom is 0.227 e. The van der Waals surface area contributed by atoms with E-state index in [-0.39, 0.29) is 0 Å². The second-order valence-electron chi connectivity index (χ2n) is 13.5. The summed E-state index contributed by atoms with van der Waals surface area (Å²) in [7, 11) is 0. The highest BCUT2D eigenvalue weighted by Crippen LogP contribution is 2.46. The van der Waals surface area contributed by atoms with Gasteiger partial charge in [0.2, 0.25) is 5.89 Å². The van der Waals surface area contributed by atoms with Gasteiger partial charge in [0.05, 0.1) is 16.5 Å². The first kappa shape index (κ1) is 30.3. The SMILES string of the molecule is c1ccc(-c2nc3c(ccc4oc5cc(N(c6ccc(-c7ccccc7)c(-c7ccccc7)c6)c6cccc7oc8ccccc8c67)ccc5c43)o2)cc1. The van der Waals surface area contributed by atoms with Gasteiger partial charge in [-0.2, -0.15) is 0 Å². The van der Waals surface area contributed by atoms with Crippen LogP contribution in [0.1, 0.15) is 0 Å². The molecule has 0 aliphatic rings. The van der Waals surface area contributed by atoms with E-state index in [1.54, 1.807) is 0 Å². The van der Waals surface area contributed by atoms with Gasteiger partial charge in [-0.15, -0.1) is 0 Å². The number of benzene rings is 8. The summed E-state index contributed by atoms with van der Waals surface area (Å²) < 4.78 is 19.3. The molecule has 54 heavy (non-hydrogen) atoms. The fourth-order valence-electron chi connectivity index (χ4n) is 7.85. The summed E-state index contributed by atoms with van der Waals surface area (Å²) in [6, 6.07) is 62.8. The molecule has 11 aromatic rings. The third kappa shape index (κ3) is 4.83. The molecule has 3 heterocycles. The van der Waals surface area contributed by atoms with Crippen LogP contribution in [-0.4, -0.2) is 4.98 Å². The predicted molar refractivity (Wildman–Crippen MR) is 220 cm³/mol. The molecular formula is C49H30N2O3. The third-order valence-electron chi connectivity index (χ3n) is 10.3. The molecule has 0 N–H and O–H groups in total. The number of hydrogen-bond acceptors (Lipinski definition) is 5. The number of aromatic nitrogens is 1. The molecule has 11 rings (SSSR count). The summed E-state index contributed by atoms with van der Waals surface area (Å²) >= 11 is 0. The van der Waals surface area contributed by atoms with Crippen LogP contribution in [0.25, 0.3) is 88.7 Å². The minimum absolute atomic E-state index is 0.587. The third-order valence-corrected chi connectivity index (χ3v) is 10.3. The van der Waals surface area contributed by atoms with Gasteiger partial charge in [0.25, 0.3) is 0 Å². The predicted octanol–water partition coefficient (Wildman–Crippen LogP) is 14.1. The van der Waals surface area contributed by atoms with Crippen LogP contribution in [0.4, 0.5) is 17.1 Å². The Morgan fingerprint density at radius 2 is 0.963 bits per heavy atom. The molecule has 254 valence electrons. The van der Waals surface area contributed by atoms with E-state index in [9.17, 15) is 0 Å². The van der Waals surface area contributed by atoms with E-state index in [2.05, 4.69) is 126 Å². The average molecular weight is 695 g/mol. The smallest absolute Gasteiger partial charge is 0.227 e. The molecule has 0 radical (unpaired) electrons. The summed E-state index contributed by atoms with van der Waals surface area (Å²) in [6.07, 6.45) is 0. The number of fused-ring (bicyclic) bond motifs is 8. The zero-order chi connectivity index (χ0) is 35.6. The van der Waals surface area contributed by atoms with E-state index in [1.807, 2.05) is 60.7 Å². The number of para-hydroxylation sites is 1. The lowest BCUT2D eigenvalue weighted by Gasteiger charge is -2.27. The molecule has 0 aliphatic carbocycles. The Morgan fingerprint density at radius 3 is 1.76 bits per heavy atom. The summed E-state index contributed by atoms with van der Waals surface area (Å²) in [4.78, 5) is 7.28. The van der Waals surface area contributed by atoms with Crippen molar-refractivity contribution >= 4 is 72.0 Å². The molecule has 5 nitrogen and oxygen atoms in total. The van der Waals surface area contributed by atoms with E-state index in [4.69, 9.17) is 18.2 Å². The fraction of sp³-hybridized carbons (Fsp3) is 0.